The van der Waals surface area contributed by atoms with E-state index in [2.05, 4.69) is 38.1 Å². The minimum absolute atomic E-state index is 0.0405. The first-order valence-electron chi connectivity index (χ1n) is 11.3. The Morgan fingerprint density at radius 2 is 1.90 bits per heavy atom. The minimum Gasteiger partial charge on any atom is -0.378 e. The summed E-state index contributed by atoms with van der Waals surface area (Å²) in [5.74, 6) is 0.723. The summed E-state index contributed by atoms with van der Waals surface area (Å²) in [5, 5.41) is 4.48. The van der Waals surface area contributed by atoms with Crippen LogP contribution >= 0.6 is 0 Å². The van der Waals surface area contributed by atoms with Crippen LogP contribution in [0.2, 0.25) is 0 Å². The molecule has 1 N–H and O–H groups in total. The number of pyridine rings is 1. The van der Waals surface area contributed by atoms with Crippen LogP contribution in [0, 0.1) is 0 Å². The van der Waals surface area contributed by atoms with E-state index >= 15 is 0 Å². The average molecular weight is 421 g/mol. The summed E-state index contributed by atoms with van der Waals surface area (Å²) >= 11 is 0. The van der Waals surface area contributed by atoms with Crippen molar-refractivity contribution in [3.8, 4) is 0 Å². The second kappa shape index (κ2) is 7.46. The molecule has 0 atom stereocenters. The van der Waals surface area contributed by atoms with Gasteiger partial charge < -0.3 is 9.64 Å². The lowest BCUT2D eigenvalue weighted by atomic mass is 9.76. The van der Waals surface area contributed by atoms with Crippen molar-refractivity contribution in [3.05, 3.63) is 57.8 Å². The third-order valence-electron chi connectivity index (χ3n) is 7.37. The molecule has 0 amide bonds. The zero-order valence-electron chi connectivity index (χ0n) is 17.7. The van der Waals surface area contributed by atoms with Crippen LogP contribution in [-0.2, 0) is 23.1 Å². The van der Waals surface area contributed by atoms with Gasteiger partial charge in [0.2, 0.25) is 5.95 Å². The van der Waals surface area contributed by atoms with Crippen molar-refractivity contribution in [2.24, 2.45) is 0 Å². The number of anilines is 1. The number of rotatable bonds is 3. The predicted molar refractivity (Wildman–Crippen MR) is 118 cm³/mol. The molecule has 0 bridgehead atoms. The molecule has 2 aliphatic heterocycles. The van der Waals surface area contributed by atoms with Crippen LogP contribution in [0.3, 0.4) is 0 Å². The van der Waals surface area contributed by atoms with Gasteiger partial charge in [-0.3, -0.25) is 14.7 Å². The van der Waals surface area contributed by atoms with E-state index in [0.717, 1.165) is 81.1 Å². The molecule has 3 aliphatic rings. The van der Waals surface area contributed by atoms with Crippen LogP contribution < -0.4 is 10.5 Å². The van der Waals surface area contributed by atoms with E-state index in [4.69, 9.17) is 9.72 Å². The molecule has 2 fully saturated rings. The highest BCUT2D eigenvalue weighted by Gasteiger charge is 2.44. The molecule has 0 radical (unpaired) electrons. The minimum atomic E-state index is 0.0405. The number of H-pyrrole nitrogens is 1. The molecular formula is C23H28N6O2. The van der Waals surface area contributed by atoms with Gasteiger partial charge in [-0.15, -0.1) is 0 Å². The van der Waals surface area contributed by atoms with Gasteiger partial charge in [0.25, 0.3) is 5.56 Å². The zero-order valence-corrected chi connectivity index (χ0v) is 17.7. The van der Waals surface area contributed by atoms with E-state index in [1.165, 1.54) is 5.69 Å². The van der Waals surface area contributed by atoms with Gasteiger partial charge in [0, 0.05) is 36.8 Å². The van der Waals surface area contributed by atoms with E-state index in [9.17, 15) is 4.79 Å². The molecular weight excluding hydrogens is 392 g/mol. The maximum Gasteiger partial charge on any atom is 0.255 e. The Morgan fingerprint density at radius 3 is 2.74 bits per heavy atom. The van der Waals surface area contributed by atoms with Gasteiger partial charge >= 0.3 is 0 Å². The number of aromatic nitrogens is 4. The normalized spacial score (nSPS) is 21.1. The summed E-state index contributed by atoms with van der Waals surface area (Å²) in [6, 6.07) is 8.39. The second-order valence-electron chi connectivity index (χ2n) is 9.06. The number of nitrogens with zero attached hydrogens (tertiary/aromatic N) is 5. The van der Waals surface area contributed by atoms with Crippen molar-refractivity contribution in [1.29, 1.82) is 0 Å². The summed E-state index contributed by atoms with van der Waals surface area (Å²) < 4.78 is 7.50. The maximum atomic E-state index is 12.8. The lowest BCUT2D eigenvalue weighted by molar-refractivity contribution is 0.121. The SMILES string of the molecule is O=c1[nH]c(N2CCOCC2)nc2c1CCC21CCN(Cc2cccc3ccnn23)CC1. The fraction of sp³-hybridized carbons (Fsp3) is 0.522. The number of morpholine rings is 1. The first kappa shape index (κ1) is 19.0. The summed E-state index contributed by atoms with van der Waals surface area (Å²) in [4.78, 5) is 25.6. The molecule has 2 saturated heterocycles. The maximum absolute atomic E-state index is 12.8. The Hall–Kier alpha value is -2.71. The molecule has 8 nitrogen and oxygen atoms in total. The molecule has 3 aromatic heterocycles. The van der Waals surface area contributed by atoms with Crippen LogP contribution in [0.1, 0.15) is 36.2 Å². The highest BCUT2D eigenvalue weighted by molar-refractivity contribution is 5.46. The Kier molecular flexibility index (Phi) is 4.57. The fourth-order valence-electron chi connectivity index (χ4n) is 5.55. The molecule has 3 aromatic rings. The number of hydrogen-bond acceptors (Lipinski definition) is 6. The van der Waals surface area contributed by atoms with Crippen LogP contribution in [-0.4, -0.2) is 63.9 Å². The first-order valence-corrected chi connectivity index (χ1v) is 11.3. The summed E-state index contributed by atoms with van der Waals surface area (Å²) in [7, 11) is 0. The molecule has 0 aromatic carbocycles. The van der Waals surface area contributed by atoms with Crippen LogP contribution in [0.15, 0.2) is 35.3 Å². The first-order chi connectivity index (χ1) is 15.2. The number of piperidine rings is 1. The van der Waals surface area contributed by atoms with Gasteiger partial charge in [0.05, 0.1) is 30.1 Å². The van der Waals surface area contributed by atoms with E-state index in [1.807, 2.05) is 16.8 Å². The summed E-state index contributed by atoms with van der Waals surface area (Å²) in [6.07, 6.45) is 5.83. The lowest BCUT2D eigenvalue weighted by Crippen LogP contribution is -2.43. The number of ether oxygens (including phenoxy) is 1. The summed E-state index contributed by atoms with van der Waals surface area (Å²) in [6.45, 7) is 5.84. The Bertz CT molecular complexity index is 1150. The molecule has 8 heteroatoms. The summed E-state index contributed by atoms with van der Waals surface area (Å²) in [5.41, 5.74) is 4.41. The Balaban J connectivity index is 1.22. The molecule has 31 heavy (non-hydrogen) atoms. The molecule has 1 aliphatic carbocycles. The fourth-order valence-corrected chi connectivity index (χ4v) is 5.55. The van der Waals surface area contributed by atoms with Gasteiger partial charge in [-0.25, -0.2) is 9.50 Å². The van der Waals surface area contributed by atoms with Gasteiger partial charge in [0.1, 0.15) is 0 Å². The zero-order chi connectivity index (χ0) is 20.8. The molecule has 162 valence electrons. The number of hydrogen-bond donors (Lipinski definition) is 1. The van der Waals surface area contributed by atoms with Crippen LogP contribution in [0.4, 0.5) is 5.95 Å². The lowest BCUT2D eigenvalue weighted by Gasteiger charge is -2.39. The molecule has 0 unspecified atom stereocenters. The number of likely N-dealkylation sites (tertiary alicyclic amines) is 1. The van der Waals surface area contributed by atoms with Crippen LogP contribution in [0.25, 0.3) is 5.52 Å². The third kappa shape index (κ3) is 3.25. The van der Waals surface area contributed by atoms with Gasteiger partial charge in [-0.1, -0.05) is 6.07 Å². The molecule has 1 spiro atoms. The van der Waals surface area contributed by atoms with Crippen molar-refractivity contribution >= 4 is 11.5 Å². The van der Waals surface area contributed by atoms with Crippen LogP contribution in [0.5, 0.6) is 0 Å². The van der Waals surface area contributed by atoms with E-state index < -0.39 is 0 Å². The van der Waals surface area contributed by atoms with E-state index in [0.29, 0.717) is 13.2 Å². The second-order valence-corrected chi connectivity index (χ2v) is 9.06. The number of aromatic amines is 1. The largest absolute Gasteiger partial charge is 0.378 e. The van der Waals surface area contributed by atoms with E-state index in [1.54, 1.807) is 0 Å². The quantitative estimate of drug-likeness (QED) is 0.695. The van der Waals surface area contributed by atoms with Gasteiger partial charge in [0.15, 0.2) is 0 Å². The van der Waals surface area contributed by atoms with Crippen molar-refractivity contribution < 1.29 is 4.74 Å². The van der Waals surface area contributed by atoms with E-state index in [-0.39, 0.29) is 11.0 Å². The smallest absolute Gasteiger partial charge is 0.255 e. The highest BCUT2D eigenvalue weighted by Crippen LogP contribution is 2.44. The monoisotopic (exact) mass is 420 g/mol. The van der Waals surface area contributed by atoms with Crippen molar-refractivity contribution in [2.45, 2.75) is 37.6 Å². The predicted octanol–water partition coefficient (Wildman–Crippen LogP) is 1.73. The topological polar surface area (TPSA) is 78.8 Å². The van der Waals surface area contributed by atoms with Crippen molar-refractivity contribution in [2.75, 3.05) is 44.3 Å². The average Bonchev–Trinajstić information content (AvgIpc) is 3.43. The van der Waals surface area contributed by atoms with Crippen molar-refractivity contribution in [3.63, 3.8) is 0 Å². The Morgan fingerprint density at radius 1 is 1.06 bits per heavy atom. The van der Waals surface area contributed by atoms with Gasteiger partial charge in [-0.2, -0.15) is 5.10 Å². The Labute approximate surface area is 180 Å². The molecule has 0 saturated carbocycles. The van der Waals surface area contributed by atoms with Crippen molar-refractivity contribution in [1.82, 2.24) is 24.5 Å². The molecule has 6 rings (SSSR count). The highest BCUT2D eigenvalue weighted by atomic mass is 16.5. The number of fused-ring (bicyclic) bond motifs is 3. The number of nitrogens with one attached hydrogen (secondary N) is 1. The third-order valence-corrected chi connectivity index (χ3v) is 7.37. The standard InChI is InChI=1S/C23H28N6O2/c30-21-19-4-6-23(20(19)25-22(26-21)28-12-14-31-15-13-28)7-10-27(11-8-23)16-18-3-1-2-17-5-9-24-29(17)18/h1-3,5,9H,4,6-8,10-16H2,(H,25,26,30). The van der Waals surface area contributed by atoms with Gasteiger partial charge in [-0.05, 0) is 57.0 Å². The molecule has 5 heterocycles.